The Labute approximate surface area is 165 Å². The lowest BCUT2D eigenvalue weighted by molar-refractivity contribution is 0.0145. The number of carbonyl (C=O) groups is 1. The molecule has 2 aliphatic rings. The zero-order valence-corrected chi connectivity index (χ0v) is 16.7. The number of aromatic amines is 1. The van der Waals surface area contributed by atoms with Crippen LogP contribution in [0.1, 0.15) is 42.5 Å². The Morgan fingerprint density at radius 2 is 1.82 bits per heavy atom. The van der Waals surface area contributed by atoms with Crippen LogP contribution in [-0.4, -0.2) is 66.0 Å². The molecular weight excluding hydrogens is 352 g/mol. The third-order valence-electron chi connectivity index (χ3n) is 6.56. The van der Waals surface area contributed by atoms with E-state index in [-0.39, 0.29) is 22.4 Å². The molecule has 0 spiro atoms. The molecule has 0 aliphatic carbocycles. The molecule has 2 N–H and O–H groups in total. The summed E-state index contributed by atoms with van der Waals surface area (Å²) in [6, 6.07) is 7.31. The number of aromatic nitrogens is 1. The molecule has 0 unspecified atom stereocenters. The van der Waals surface area contributed by atoms with Gasteiger partial charge in [-0.1, -0.05) is 18.6 Å². The summed E-state index contributed by atoms with van der Waals surface area (Å²) >= 11 is 0. The third-order valence-corrected chi connectivity index (χ3v) is 6.56. The van der Waals surface area contributed by atoms with E-state index in [0.717, 1.165) is 44.5 Å². The van der Waals surface area contributed by atoms with Crippen molar-refractivity contribution < 1.29 is 4.79 Å². The van der Waals surface area contributed by atoms with Crippen molar-refractivity contribution >= 4 is 16.8 Å². The zero-order chi connectivity index (χ0) is 19.6. The molecule has 1 aromatic heterocycles. The van der Waals surface area contributed by atoms with Crippen LogP contribution in [0.5, 0.6) is 0 Å². The maximum Gasteiger partial charge on any atom is 0.256 e. The van der Waals surface area contributed by atoms with Crippen LogP contribution in [0.25, 0.3) is 10.9 Å². The maximum absolute atomic E-state index is 12.9. The number of amides is 1. The molecule has 150 valence electrons. The molecule has 0 atom stereocenters. The van der Waals surface area contributed by atoms with Crippen molar-refractivity contribution in [3.63, 3.8) is 0 Å². The Kier molecular flexibility index (Phi) is 5.51. The molecule has 28 heavy (non-hydrogen) atoms. The Bertz CT molecular complexity index is 893. The SMILES string of the molecule is CN1CCC(CNC(=O)c2c[nH]c3ccccc3c2=O)(N2CCCCC2)CC1. The van der Waals surface area contributed by atoms with E-state index < -0.39 is 0 Å². The predicted molar refractivity (Wildman–Crippen MR) is 112 cm³/mol. The van der Waals surface area contributed by atoms with E-state index >= 15 is 0 Å². The molecule has 0 bridgehead atoms. The number of H-pyrrole nitrogens is 1. The Morgan fingerprint density at radius 1 is 1.11 bits per heavy atom. The molecule has 2 saturated heterocycles. The van der Waals surface area contributed by atoms with Crippen LogP contribution in [0, 0.1) is 0 Å². The van der Waals surface area contributed by atoms with Crippen molar-refractivity contribution in [2.24, 2.45) is 0 Å². The van der Waals surface area contributed by atoms with Crippen LogP contribution in [-0.2, 0) is 0 Å². The number of para-hydroxylation sites is 1. The summed E-state index contributed by atoms with van der Waals surface area (Å²) in [6.45, 7) is 4.91. The summed E-state index contributed by atoms with van der Waals surface area (Å²) in [7, 11) is 2.16. The highest BCUT2D eigenvalue weighted by atomic mass is 16.2. The molecule has 2 aliphatic heterocycles. The monoisotopic (exact) mass is 382 g/mol. The highest BCUT2D eigenvalue weighted by molar-refractivity contribution is 5.97. The van der Waals surface area contributed by atoms with Gasteiger partial charge in [0.05, 0.1) is 0 Å². The number of hydrogen-bond acceptors (Lipinski definition) is 4. The molecular formula is C22H30N4O2. The lowest BCUT2D eigenvalue weighted by Crippen LogP contribution is -2.61. The standard InChI is InChI=1S/C22H30N4O2/c1-25-13-9-22(10-14-25,26-11-5-2-6-12-26)16-24-21(28)18-15-23-19-8-4-3-7-17(19)20(18)27/h3-4,7-8,15H,2,5-6,9-14,16H2,1H3,(H,23,27)(H,24,28). The number of benzene rings is 1. The average Bonchev–Trinajstić information content (AvgIpc) is 2.74. The summed E-state index contributed by atoms with van der Waals surface area (Å²) < 4.78 is 0. The average molecular weight is 383 g/mol. The fraction of sp³-hybridized carbons (Fsp3) is 0.545. The fourth-order valence-electron chi connectivity index (χ4n) is 4.68. The molecule has 0 radical (unpaired) electrons. The highest BCUT2D eigenvalue weighted by Gasteiger charge is 2.39. The third kappa shape index (κ3) is 3.71. The number of likely N-dealkylation sites (tertiary alicyclic amines) is 2. The Morgan fingerprint density at radius 3 is 2.57 bits per heavy atom. The zero-order valence-electron chi connectivity index (χ0n) is 16.7. The molecule has 6 nitrogen and oxygen atoms in total. The van der Waals surface area contributed by atoms with Gasteiger partial charge in [0.15, 0.2) is 0 Å². The van der Waals surface area contributed by atoms with Crippen LogP contribution in [0.15, 0.2) is 35.3 Å². The lowest BCUT2D eigenvalue weighted by Gasteiger charge is -2.50. The van der Waals surface area contributed by atoms with Crippen molar-refractivity contribution in [2.45, 2.75) is 37.6 Å². The molecule has 1 aromatic carbocycles. The maximum atomic E-state index is 12.9. The minimum absolute atomic E-state index is 0.00615. The van der Waals surface area contributed by atoms with E-state index in [9.17, 15) is 9.59 Å². The topological polar surface area (TPSA) is 68.4 Å². The van der Waals surface area contributed by atoms with E-state index in [4.69, 9.17) is 0 Å². The number of rotatable bonds is 4. The van der Waals surface area contributed by atoms with Gasteiger partial charge in [0, 0.05) is 29.2 Å². The van der Waals surface area contributed by atoms with Crippen molar-refractivity contribution in [1.29, 1.82) is 0 Å². The van der Waals surface area contributed by atoms with Gasteiger partial charge in [0.25, 0.3) is 5.91 Å². The predicted octanol–water partition coefficient (Wildman–Crippen LogP) is 2.21. The summed E-state index contributed by atoms with van der Waals surface area (Å²) in [5, 5.41) is 3.66. The van der Waals surface area contributed by atoms with E-state index in [1.54, 1.807) is 12.3 Å². The first-order valence-electron chi connectivity index (χ1n) is 10.4. The largest absolute Gasteiger partial charge is 0.360 e. The van der Waals surface area contributed by atoms with Gasteiger partial charge in [-0.3, -0.25) is 14.5 Å². The first-order valence-corrected chi connectivity index (χ1v) is 10.4. The molecule has 1 amide bonds. The normalized spacial score (nSPS) is 20.9. The van der Waals surface area contributed by atoms with Gasteiger partial charge < -0.3 is 15.2 Å². The number of hydrogen-bond donors (Lipinski definition) is 2. The smallest absolute Gasteiger partial charge is 0.256 e. The van der Waals surface area contributed by atoms with Crippen molar-refractivity contribution in [3.8, 4) is 0 Å². The van der Waals surface area contributed by atoms with Crippen LogP contribution >= 0.6 is 0 Å². The summed E-state index contributed by atoms with van der Waals surface area (Å²) in [4.78, 5) is 33.7. The van der Waals surface area contributed by atoms with Gasteiger partial charge in [-0.05, 0) is 71.0 Å². The number of fused-ring (bicyclic) bond motifs is 1. The van der Waals surface area contributed by atoms with Crippen LogP contribution in [0.4, 0.5) is 0 Å². The molecule has 4 rings (SSSR count). The van der Waals surface area contributed by atoms with E-state index in [1.165, 1.54) is 19.3 Å². The van der Waals surface area contributed by atoms with Crippen molar-refractivity contribution in [2.75, 3.05) is 39.8 Å². The number of piperidine rings is 2. The summed E-state index contributed by atoms with van der Waals surface area (Å²) in [6.07, 6.45) is 7.41. The fourth-order valence-corrected chi connectivity index (χ4v) is 4.68. The Hall–Kier alpha value is -2.18. The van der Waals surface area contributed by atoms with E-state index in [2.05, 4.69) is 27.1 Å². The summed E-state index contributed by atoms with van der Waals surface area (Å²) in [5.74, 6) is -0.276. The number of carbonyl (C=O) groups excluding carboxylic acids is 1. The minimum Gasteiger partial charge on any atom is -0.360 e. The number of nitrogens with one attached hydrogen (secondary N) is 2. The number of pyridine rings is 1. The Balaban J connectivity index is 1.53. The second-order valence-corrected chi connectivity index (χ2v) is 8.34. The van der Waals surface area contributed by atoms with Crippen LogP contribution in [0.3, 0.4) is 0 Å². The molecule has 6 heteroatoms. The van der Waals surface area contributed by atoms with E-state index in [0.29, 0.717) is 11.9 Å². The van der Waals surface area contributed by atoms with Gasteiger partial charge >= 0.3 is 0 Å². The summed E-state index contributed by atoms with van der Waals surface area (Å²) in [5.41, 5.74) is 0.749. The first-order chi connectivity index (χ1) is 13.6. The molecule has 2 aromatic rings. The molecule has 2 fully saturated rings. The highest BCUT2D eigenvalue weighted by Crippen LogP contribution is 2.30. The van der Waals surface area contributed by atoms with Gasteiger partial charge in [0.1, 0.15) is 5.56 Å². The quantitative estimate of drug-likeness (QED) is 0.851. The van der Waals surface area contributed by atoms with Crippen LogP contribution < -0.4 is 10.7 Å². The van der Waals surface area contributed by atoms with Crippen molar-refractivity contribution in [3.05, 3.63) is 46.2 Å². The number of nitrogens with zero attached hydrogens (tertiary/aromatic N) is 2. The second-order valence-electron chi connectivity index (χ2n) is 8.34. The second kappa shape index (κ2) is 8.05. The molecule has 3 heterocycles. The minimum atomic E-state index is -0.276. The van der Waals surface area contributed by atoms with Crippen LogP contribution in [0.2, 0.25) is 0 Å². The van der Waals surface area contributed by atoms with E-state index in [1.807, 2.05) is 18.2 Å². The molecule has 0 saturated carbocycles. The first kappa shape index (κ1) is 19.2. The van der Waals surface area contributed by atoms with Gasteiger partial charge in [-0.25, -0.2) is 0 Å². The lowest BCUT2D eigenvalue weighted by atomic mass is 9.84. The van der Waals surface area contributed by atoms with Gasteiger partial charge in [-0.2, -0.15) is 0 Å². The van der Waals surface area contributed by atoms with Gasteiger partial charge in [-0.15, -0.1) is 0 Å². The van der Waals surface area contributed by atoms with Crippen molar-refractivity contribution in [1.82, 2.24) is 20.1 Å². The van der Waals surface area contributed by atoms with Gasteiger partial charge in [0.2, 0.25) is 5.43 Å².